The van der Waals surface area contributed by atoms with Gasteiger partial charge in [0.2, 0.25) is 0 Å². The number of para-hydroxylation sites is 3. The van der Waals surface area contributed by atoms with E-state index in [2.05, 4.69) is 139 Å². The highest BCUT2D eigenvalue weighted by Crippen LogP contribution is 2.54. The molecule has 0 saturated carbocycles. The van der Waals surface area contributed by atoms with Gasteiger partial charge in [0.05, 0.1) is 22.1 Å². The Morgan fingerprint density at radius 2 is 0.925 bits per heavy atom. The van der Waals surface area contributed by atoms with Crippen LogP contribution in [0.1, 0.15) is 5.56 Å². The van der Waals surface area contributed by atoms with Crippen LogP contribution in [0.2, 0.25) is 5.02 Å². The Morgan fingerprint density at radius 3 is 1.53 bits per heavy atom. The molecule has 0 aliphatic carbocycles. The van der Waals surface area contributed by atoms with E-state index in [1.165, 1.54) is 11.1 Å². The molecule has 0 fully saturated rings. The molecule has 3 heterocycles. The van der Waals surface area contributed by atoms with Crippen molar-refractivity contribution in [3.05, 3.63) is 174 Å². The van der Waals surface area contributed by atoms with Gasteiger partial charge in [0.25, 0.3) is 0 Å². The quantitative estimate of drug-likeness (QED) is 0.184. The van der Waals surface area contributed by atoms with Crippen molar-refractivity contribution in [1.29, 1.82) is 0 Å². The third kappa shape index (κ3) is 4.54. The Morgan fingerprint density at radius 1 is 0.396 bits per heavy atom. The fourth-order valence-electron chi connectivity index (χ4n) is 8.40. The van der Waals surface area contributed by atoms with Gasteiger partial charge in [-0.3, -0.25) is 0 Å². The minimum absolute atomic E-state index is 0.684. The second-order valence-electron chi connectivity index (χ2n) is 13.9. The summed E-state index contributed by atoms with van der Waals surface area (Å²) in [4.78, 5) is 2.33. The summed E-state index contributed by atoms with van der Waals surface area (Å²) in [6.45, 7) is 2.17. The number of furan rings is 2. The van der Waals surface area contributed by atoms with Gasteiger partial charge >= 0.3 is 0 Å². The lowest BCUT2D eigenvalue weighted by atomic mass is 9.89. The van der Waals surface area contributed by atoms with Gasteiger partial charge < -0.3 is 13.7 Å². The molecule has 4 heteroatoms. The fourth-order valence-corrected chi connectivity index (χ4v) is 8.62. The number of fused-ring (bicyclic) bond motifs is 11. The number of nitrogens with zero attached hydrogens (tertiary/aromatic N) is 1. The van der Waals surface area contributed by atoms with Crippen LogP contribution >= 0.6 is 11.6 Å². The molecule has 3 nitrogen and oxygen atoms in total. The first-order valence-corrected chi connectivity index (χ1v) is 18.2. The van der Waals surface area contributed by atoms with Crippen LogP contribution in [0, 0.1) is 6.92 Å². The maximum atomic E-state index is 7.09. The first-order chi connectivity index (χ1) is 26.1. The Balaban J connectivity index is 1.20. The normalized spacial score (nSPS) is 12.3. The van der Waals surface area contributed by atoms with E-state index < -0.39 is 0 Å². The smallest absolute Gasteiger partial charge is 0.136 e. The number of aryl methyl sites for hydroxylation is 1. The van der Waals surface area contributed by atoms with E-state index >= 15 is 0 Å². The zero-order chi connectivity index (χ0) is 35.2. The molecule has 0 amide bonds. The lowest BCUT2D eigenvalue weighted by Crippen LogP contribution is -2.11. The summed E-state index contributed by atoms with van der Waals surface area (Å²) in [5.41, 5.74) is 16.9. The summed E-state index contributed by atoms with van der Waals surface area (Å²) in [6, 6.07) is 57.8. The Hall–Kier alpha value is -6.55. The minimum Gasteiger partial charge on any atom is -0.456 e. The van der Waals surface area contributed by atoms with E-state index in [0.29, 0.717) is 5.02 Å². The zero-order valence-electron chi connectivity index (χ0n) is 28.7. The van der Waals surface area contributed by atoms with Crippen LogP contribution in [-0.2, 0) is 0 Å². The summed E-state index contributed by atoms with van der Waals surface area (Å²) in [7, 11) is 0. The van der Waals surface area contributed by atoms with Crippen LogP contribution in [0.3, 0.4) is 0 Å². The lowest BCUT2D eigenvalue weighted by molar-refractivity contribution is 0.668. The predicted molar refractivity (Wildman–Crippen MR) is 221 cm³/mol. The molecular weight excluding hydrogens is 670 g/mol. The lowest BCUT2D eigenvalue weighted by Gasteiger charge is -2.28. The highest BCUT2D eigenvalue weighted by Gasteiger charge is 2.29. The van der Waals surface area contributed by atoms with Gasteiger partial charge in [-0.2, -0.15) is 0 Å². The van der Waals surface area contributed by atoms with Crippen molar-refractivity contribution in [2.45, 2.75) is 6.92 Å². The van der Waals surface area contributed by atoms with Gasteiger partial charge in [0.1, 0.15) is 22.3 Å². The molecule has 2 aromatic heterocycles. The number of anilines is 3. The van der Waals surface area contributed by atoms with E-state index in [9.17, 15) is 0 Å². The van der Waals surface area contributed by atoms with Crippen molar-refractivity contribution in [3.63, 3.8) is 0 Å². The maximum Gasteiger partial charge on any atom is 0.136 e. The highest BCUT2D eigenvalue weighted by molar-refractivity contribution is 6.33. The van der Waals surface area contributed by atoms with Crippen LogP contribution in [0.25, 0.3) is 88.4 Å². The molecule has 0 N–H and O–H groups in total. The van der Waals surface area contributed by atoms with Gasteiger partial charge in [0.15, 0.2) is 0 Å². The van der Waals surface area contributed by atoms with Crippen molar-refractivity contribution >= 4 is 72.5 Å². The largest absolute Gasteiger partial charge is 0.456 e. The third-order valence-corrected chi connectivity index (χ3v) is 11.1. The van der Waals surface area contributed by atoms with Gasteiger partial charge in [0, 0.05) is 32.7 Å². The van der Waals surface area contributed by atoms with Gasteiger partial charge in [-0.25, -0.2) is 0 Å². The van der Waals surface area contributed by atoms with Crippen molar-refractivity contribution in [1.82, 2.24) is 0 Å². The number of hydrogen-bond donors (Lipinski definition) is 0. The molecule has 0 radical (unpaired) electrons. The van der Waals surface area contributed by atoms with Gasteiger partial charge in [-0.1, -0.05) is 120 Å². The van der Waals surface area contributed by atoms with E-state index in [1.807, 2.05) is 36.4 Å². The van der Waals surface area contributed by atoms with Crippen LogP contribution in [-0.4, -0.2) is 0 Å². The molecule has 0 bridgehead atoms. The molecule has 1 aliphatic rings. The first kappa shape index (κ1) is 30.1. The summed E-state index contributed by atoms with van der Waals surface area (Å²) < 4.78 is 12.6. The average molecular weight is 700 g/mol. The van der Waals surface area contributed by atoms with Gasteiger partial charge in [-0.05, 0) is 101 Å². The minimum atomic E-state index is 0.684. The molecule has 0 saturated heterocycles. The molecule has 10 aromatic rings. The standard InChI is InChI=1S/C49H30ClNO2/c1-29-20-23-34-37(26-29)39-28-31(33-13-9-19-47-49(33)36-11-3-7-17-45(36)53-47)22-25-42(39)51(43-15-5-4-14-40(43)50)41-24-21-30(27-38(34)41)32-12-8-18-46-48(32)35-10-2-6-16-44(35)52-46/h2-28H,1H3. The second-order valence-corrected chi connectivity index (χ2v) is 14.3. The molecule has 8 aromatic carbocycles. The molecule has 0 atom stereocenters. The summed E-state index contributed by atoms with van der Waals surface area (Å²) in [6.07, 6.45) is 0. The van der Waals surface area contributed by atoms with Gasteiger partial charge in [-0.15, -0.1) is 0 Å². The number of rotatable bonds is 3. The summed E-state index contributed by atoms with van der Waals surface area (Å²) in [5.74, 6) is 0. The Kier molecular flexibility index (Phi) is 6.52. The SMILES string of the molecule is Cc1ccc2c(c1)-c1cc(-c3cccc4oc5ccccc5c34)ccc1N(c1ccccc1Cl)c1ccc(-c3cccc4oc5ccccc5c34)cc1-2. The fraction of sp³-hybridized carbons (Fsp3) is 0.0204. The van der Waals surface area contributed by atoms with Crippen LogP contribution in [0.15, 0.2) is 173 Å². The molecule has 11 rings (SSSR count). The van der Waals surface area contributed by atoms with Crippen molar-refractivity contribution < 1.29 is 8.83 Å². The zero-order valence-corrected chi connectivity index (χ0v) is 29.5. The Bertz CT molecular complexity index is 3110. The number of halogens is 1. The molecule has 0 unspecified atom stereocenters. The van der Waals surface area contributed by atoms with E-state index in [-0.39, 0.29) is 0 Å². The molecule has 53 heavy (non-hydrogen) atoms. The van der Waals surface area contributed by atoms with Crippen molar-refractivity contribution in [2.24, 2.45) is 0 Å². The molecule has 0 spiro atoms. The second kappa shape index (κ2) is 11.5. The topological polar surface area (TPSA) is 29.5 Å². The summed E-state index contributed by atoms with van der Waals surface area (Å²) >= 11 is 7.09. The number of hydrogen-bond acceptors (Lipinski definition) is 3. The molecular formula is C49H30ClNO2. The maximum absolute atomic E-state index is 7.09. The van der Waals surface area contributed by atoms with Crippen molar-refractivity contribution in [3.8, 4) is 44.5 Å². The van der Waals surface area contributed by atoms with E-state index in [4.69, 9.17) is 20.4 Å². The third-order valence-electron chi connectivity index (χ3n) is 10.8. The van der Waals surface area contributed by atoms with Crippen LogP contribution in [0.5, 0.6) is 0 Å². The highest BCUT2D eigenvalue weighted by atomic mass is 35.5. The van der Waals surface area contributed by atoms with E-state index in [0.717, 1.165) is 99.9 Å². The first-order valence-electron chi connectivity index (χ1n) is 17.9. The van der Waals surface area contributed by atoms with Crippen LogP contribution < -0.4 is 4.90 Å². The van der Waals surface area contributed by atoms with Crippen LogP contribution in [0.4, 0.5) is 17.1 Å². The average Bonchev–Trinajstić information content (AvgIpc) is 3.75. The number of benzene rings is 8. The Labute approximate surface area is 310 Å². The predicted octanol–water partition coefficient (Wildman–Crippen LogP) is 14.9. The monoisotopic (exact) mass is 699 g/mol. The van der Waals surface area contributed by atoms with E-state index in [1.54, 1.807) is 0 Å². The molecule has 1 aliphatic heterocycles. The molecule has 250 valence electrons. The van der Waals surface area contributed by atoms with Crippen molar-refractivity contribution in [2.75, 3.05) is 4.90 Å². The summed E-state index contributed by atoms with van der Waals surface area (Å²) in [5, 5.41) is 5.16.